The molecule has 244 valence electrons. The second kappa shape index (κ2) is 12.8. The first kappa shape index (κ1) is 31.5. The summed E-state index contributed by atoms with van der Waals surface area (Å²) in [6.45, 7) is 6.65. The summed E-state index contributed by atoms with van der Waals surface area (Å²) in [6, 6.07) is 23.8. The maximum atomic E-state index is 17.3. The standard InChI is InChI=1S/C39H36F2N4O3/c1-25-11-10-15-27-12-8-9-18-32(27)45(25)36-34(37(47)42-29-16-6-3-7-17-29)33(28-13-4-2-5-14-28)30(24-46)39(40,41)35(36)38(48)43-31-23-44-21-19-26(31)20-22-44/h2-9,12-14,16-18,26,31H,1,10-11,15,19-23H2,(H,42,47)(H,43,48). The molecule has 0 aromatic heterocycles. The van der Waals surface area contributed by atoms with E-state index in [1.165, 1.54) is 5.94 Å². The highest BCUT2D eigenvalue weighted by Crippen LogP contribution is 2.51. The Morgan fingerprint density at radius 1 is 0.875 bits per heavy atom. The van der Waals surface area contributed by atoms with Crippen molar-refractivity contribution >= 4 is 34.7 Å². The Morgan fingerprint density at radius 2 is 1.54 bits per heavy atom. The van der Waals surface area contributed by atoms with Gasteiger partial charge in [0.05, 0.1) is 11.3 Å². The van der Waals surface area contributed by atoms with E-state index in [-0.39, 0.29) is 34.4 Å². The maximum Gasteiger partial charge on any atom is 0.316 e. The molecule has 48 heavy (non-hydrogen) atoms. The number of carbonyl (C=O) groups is 2. The van der Waals surface area contributed by atoms with Crippen LogP contribution in [0, 0.1) is 5.92 Å². The van der Waals surface area contributed by atoms with Crippen LogP contribution in [-0.2, 0) is 20.8 Å². The summed E-state index contributed by atoms with van der Waals surface area (Å²) in [7, 11) is 0. The number of halogens is 2. The quantitative estimate of drug-likeness (QED) is 0.307. The molecule has 3 saturated heterocycles. The molecule has 0 radical (unpaired) electrons. The second-order valence-corrected chi connectivity index (χ2v) is 12.8. The molecule has 1 atom stereocenters. The molecular weight excluding hydrogens is 610 g/mol. The number of carbonyl (C=O) groups excluding carboxylic acids is 3. The van der Waals surface area contributed by atoms with Gasteiger partial charge in [-0.3, -0.25) is 9.59 Å². The van der Waals surface area contributed by atoms with Gasteiger partial charge in [0.2, 0.25) is 0 Å². The van der Waals surface area contributed by atoms with Crippen LogP contribution in [0.1, 0.15) is 36.8 Å². The van der Waals surface area contributed by atoms with Crippen molar-refractivity contribution in [2.24, 2.45) is 5.92 Å². The molecule has 0 saturated carbocycles. The fourth-order valence-electron chi connectivity index (χ4n) is 7.57. The lowest BCUT2D eigenvalue weighted by atomic mass is 9.78. The SMILES string of the molecule is C=C1CCCc2ccccc2N1C1=C(C(=O)NC2CN3CCC2CC3)C(F)(F)C(=C=O)C(c2ccccc2)=C1C(=O)Nc1ccccc1. The first-order valence-corrected chi connectivity index (χ1v) is 16.4. The molecule has 2 amide bonds. The van der Waals surface area contributed by atoms with Gasteiger partial charge < -0.3 is 20.4 Å². The molecule has 1 unspecified atom stereocenters. The molecule has 2 N–H and O–H groups in total. The molecule has 3 aromatic rings. The van der Waals surface area contributed by atoms with Crippen LogP contribution in [0.3, 0.4) is 0 Å². The Hall–Kier alpha value is -5.11. The Morgan fingerprint density at radius 3 is 2.21 bits per heavy atom. The molecule has 5 aliphatic rings. The third kappa shape index (κ3) is 5.59. The number of allylic oxidation sites excluding steroid dienone is 3. The van der Waals surface area contributed by atoms with Crippen LogP contribution in [0.2, 0.25) is 0 Å². The number of hydrogen-bond donors (Lipinski definition) is 2. The van der Waals surface area contributed by atoms with Crippen molar-refractivity contribution in [2.75, 3.05) is 29.9 Å². The summed E-state index contributed by atoms with van der Waals surface area (Å²) >= 11 is 0. The van der Waals surface area contributed by atoms with Gasteiger partial charge >= 0.3 is 5.92 Å². The fraction of sp³-hybridized carbons (Fsp3) is 0.282. The summed E-state index contributed by atoms with van der Waals surface area (Å²) in [5, 5.41) is 5.79. The number of nitrogens with one attached hydrogen (secondary N) is 2. The lowest BCUT2D eigenvalue weighted by Gasteiger charge is -2.45. The smallest absolute Gasteiger partial charge is 0.316 e. The number of alkyl halides is 2. The van der Waals surface area contributed by atoms with Crippen LogP contribution in [0.15, 0.2) is 120 Å². The van der Waals surface area contributed by atoms with E-state index in [9.17, 15) is 14.4 Å². The Labute approximate surface area is 278 Å². The van der Waals surface area contributed by atoms with E-state index in [2.05, 4.69) is 22.1 Å². The number of piperidine rings is 3. The third-order valence-corrected chi connectivity index (χ3v) is 9.91. The van der Waals surface area contributed by atoms with E-state index >= 15 is 8.78 Å². The summed E-state index contributed by atoms with van der Waals surface area (Å²) in [4.78, 5) is 45.7. The van der Waals surface area contributed by atoms with Crippen molar-refractivity contribution in [3.63, 3.8) is 0 Å². The minimum atomic E-state index is -4.11. The Balaban J connectivity index is 1.53. The van der Waals surface area contributed by atoms with E-state index in [0.29, 0.717) is 42.9 Å². The minimum Gasteiger partial charge on any atom is -0.348 e. The molecule has 4 heterocycles. The zero-order valence-electron chi connectivity index (χ0n) is 26.5. The van der Waals surface area contributed by atoms with Gasteiger partial charge in [-0.2, -0.15) is 8.78 Å². The first-order valence-electron chi connectivity index (χ1n) is 16.4. The zero-order chi connectivity index (χ0) is 33.4. The second-order valence-electron chi connectivity index (χ2n) is 12.8. The molecule has 7 nitrogen and oxygen atoms in total. The average Bonchev–Trinajstić information content (AvgIpc) is 3.26. The van der Waals surface area contributed by atoms with E-state index in [1.54, 1.807) is 77.7 Å². The van der Waals surface area contributed by atoms with Gasteiger partial charge in [-0.25, -0.2) is 4.79 Å². The van der Waals surface area contributed by atoms with Crippen LogP contribution in [0.4, 0.5) is 20.2 Å². The van der Waals surface area contributed by atoms with Gasteiger partial charge in [-0.1, -0.05) is 73.3 Å². The lowest BCUT2D eigenvalue weighted by Crippen LogP contribution is -2.58. The Bertz CT molecular complexity index is 1890. The number of hydrogen-bond acceptors (Lipinski definition) is 5. The summed E-state index contributed by atoms with van der Waals surface area (Å²) < 4.78 is 34.6. The van der Waals surface area contributed by atoms with E-state index in [1.807, 2.05) is 12.1 Å². The fourth-order valence-corrected chi connectivity index (χ4v) is 7.57. The molecule has 3 aromatic carbocycles. The predicted octanol–water partition coefficient (Wildman–Crippen LogP) is 6.31. The number of aryl methyl sites for hydroxylation is 1. The predicted molar refractivity (Wildman–Crippen MR) is 182 cm³/mol. The monoisotopic (exact) mass is 646 g/mol. The summed E-state index contributed by atoms with van der Waals surface area (Å²) in [6.07, 6.45) is 3.48. The maximum absolute atomic E-state index is 17.3. The van der Waals surface area contributed by atoms with Crippen molar-refractivity contribution < 1.29 is 23.2 Å². The van der Waals surface area contributed by atoms with Crippen LogP contribution in [-0.4, -0.2) is 54.3 Å². The highest BCUT2D eigenvalue weighted by atomic mass is 19.3. The molecule has 4 aliphatic heterocycles. The van der Waals surface area contributed by atoms with Crippen molar-refractivity contribution in [3.8, 4) is 0 Å². The highest BCUT2D eigenvalue weighted by molar-refractivity contribution is 6.20. The van der Waals surface area contributed by atoms with Gasteiger partial charge in [0, 0.05) is 35.2 Å². The number of para-hydroxylation sites is 2. The number of fused-ring (bicyclic) bond motifs is 4. The van der Waals surface area contributed by atoms with Crippen molar-refractivity contribution in [2.45, 2.75) is 44.1 Å². The third-order valence-electron chi connectivity index (χ3n) is 9.91. The number of rotatable bonds is 6. The largest absolute Gasteiger partial charge is 0.348 e. The van der Waals surface area contributed by atoms with E-state index in [4.69, 9.17) is 0 Å². The summed E-state index contributed by atoms with van der Waals surface area (Å²) in [5.74, 6) is -4.25. The lowest BCUT2D eigenvalue weighted by molar-refractivity contribution is -0.122. The normalized spacial score (nSPS) is 23.3. The Kier molecular flexibility index (Phi) is 8.42. The summed E-state index contributed by atoms with van der Waals surface area (Å²) in [5.41, 5.74) is -0.323. The number of nitrogens with zero attached hydrogens (tertiary/aromatic N) is 2. The number of amides is 2. The van der Waals surface area contributed by atoms with E-state index < -0.39 is 28.9 Å². The van der Waals surface area contributed by atoms with Crippen LogP contribution < -0.4 is 15.5 Å². The van der Waals surface area contributed by atoms with Gasteiger partial charge in [-0.05, 0) is 80.4 Å². The molecule has 9 heteroatoms. The topological polar surface area (TPSA) is 81.8 Å². The van der Waals surface area contributed by atoms with Crippen molar-refractivity contribution in [1.29, 1.82) is 0 Å². The number of benzene rings is 3. The molecule has 2 bridgehead atoms. The van der Waals surface area contributed by atoms with Gasteiger partial charge in [0.25, 0.3) is 11.8 Å². The van der Waals surface area contributed by atoms with Crippen LogP contribution in [0.25, 0.3) is 5.57 Å². The van der Waals surface area contributed by atoms with Crippen molar-refractivity contribution in [1.82, 2.24) is 10.2 Å². The molecule has 1 aliphatic carbocycles. The average molecular weight is 647 g/mol. The zero-order valence-corrected chi connectivity index (χ0v) is 26.5. The van der Waals surface area contributed by atoms with Crippen molar-refractivity contribution in [3.05, 3.63) is 131 Å². The van der Waals surface area contributed by atoms with Crippen LogP contribution >= 0.6 is 0 Å². The van der Waals surface area contributed by atoms with Gasteiger partial charge in [-0.15, -0.1) is 0 Å². The molecule has 0 spiro atoms. The first-order chi connectivity index (χ1) is 23.3. The van der Waals surface area contributed by atoms with Crippen LogP contribution in [0.5, 0.6) is 0 Å². The minimum absolute atomic E-state index is 0.145. The highest BCUT2D eigenvalue weighted by Gasteiger charge is 2.55. The molecular formula is C39H36F2N4O3. The molecule has 3 fully saturated rings. The number of anilines is 2. The van der Waals surface area contributed by atoms with Gasteiger partial charge in [0.1, 0.15) is 17.1 Å². The molecule has 8 rings (SSSR count). The van der Waals surface area contributed by atoms with E-state index in [0.717, 1.165) is 31.5 Å². The van der Waals surface area contributed by atoms with Gasteiger partial charge in [0.15, 0.2) is 0 Å².